The van der Waals surface area contributed by atoms with Crippen LogP contribution in [0.15, 0.2) is 48.5 Å². The first kappa shape index (κ1) is 19.8. The van der Waals surface area contributed by atoms with Crippen LogP contribution in [0.25, 0.3) is 0 Å². The maximum atomic E-state index is 6.26. The average Bonchev–Trinajstić information content (AvgIpc) is 3.08. The van der Waals surface area contributed by atoms with E-state index >= 15 is 0 Å². The highest BCUT2D eigenvalue weighted by atomic mass is 15.2. The molecule has 1 fully saturated rings. The monoisotopic (exact) mass is 364 g/mol. The van der Waals surface area contributed by atoms with E-state index in [-0.39, 0.29) is 10.8 Å². The van der Waals surface area contributed by atoms with Crippen LogP contribution in [0.2, 0.25) is 0 Å². The van der Waals surface area contributed by atoms with Crippen molar-refractivity contribution in [1.29, 1.82) is 0 Å². The Morgan fingerprint density at radius 1 is 1.00 bits per heavy atom. The molecule has 0 saturated carbocycles. The van der Waals surface area contributed by atoms with Crippen molar-refractivity contribution in [3.8, 4) is 0 Å². The van der Waals surface area contributed by atoms with Gasteiger partial charge in [0.1, 0.15) is 0 Å². The Morgan fingerprint density at radius 3 is 2.44 bits per heavy atom. The zero-order valence-corrected chi connectivity index (χ0v) is 17.8. The highest BCUT2D eigenvalue weighted by molar-refractivity contribution is 5.52. The van der Waals surface area contributed by atoms with Gasteiger partial charge in [-0.25, -0.2) is 0 Å². The first-order chi connectivity index (χ1) is 12.7. The van der Waals surface area contributed by atoms with Crippen LogP contribution in [0.3, 0.4) is 0 Å². The van der Waals surface area contributed by atoms with Crippen molar-refractivity contribution in [2.45, 2.75) is 77.2 Å². The predicted molar refractivity (Wildman–Crippen MR) is 119 cm³/mol. The number of hydrogen-bond donors (Lipinski definition) is 1. The molecule has 0 radical (unpaired) electrons. The van der Waals surface area contributed by atoms with Crippen LogP contribution in [0, 0.1) is 0 Å². The van der Waals surface area contributed by atoms with E-state index in [1.54, 1.807) is 0 Å². The number of para-hydroxylation sites is 1. The summed E-state index contributed by atoms with van der Waals surface area (Å²) in [5, 5.41) is 0. The number of benzene rings is 2. The summed E-state index contributed by atoms with van der Waals surface area (Å²) in [6, 6.07) is 18.1. The number of hydrogen-bond acceptors (Lipinski definition) is 2. The summed E-state index contributed by atoms with van der Waals surface area (Å²) < 4.78 is 0. The molecule has 2 heteroatoms. The molecular formula is C25H36N2. The second kappa shape index (κ2) is 7.58. The molecule has 2 nitrogen and oxygen atoms in total. The second-order valence-electron chi connectivity index (χ2n) is 9.80. The lowest BCUT2D eigenvalue weighted by Crippen LogP contribution is -2.31. The molecule has 1 aliphatic heterocycles. The molecule has 0 amide bonds. The Labute approximate surface area is 165 Å². The van der Waals surface area contributed by atoms with E-state index in [4.69, 9.17) is 5.73 Å². The molecule has 3 rings (SSSR count). The quantitative estimate of drug-likeness (QED) is 0.631. The molecular weight excluding hydrogens is 328 g/mol. The molecule has 0 spiro atoms. The zero-order chi connectivity index (χ0) is 19.7. The number of nitrogens with two attached hydrogens (primary N) is 1. The van der Waals surface area contributed by atoms with Crippen molar-refractivity contribution in [3.05, 3.63) is 59.7 Å². The van der Waals surface area contributed by atoms with Crippen LogP contribution in [-0.2, 0) is 10.8 Å². The standard InChI is InChI=1S/C25H36N2/c1-24(2,3)19-10-8-11-21(18-19)27-17-9-12-20(27)15-16-25(4,5)22-13-6-7-14-23(22)26/h6-8,10-11,13-14,18,20H,9,12,15-17,26H2,1-5H3. The van der Waals surface area contributed by atoms with E-state index in [9.17, 15) is 0 Å². The number of anilines is 2. The average molecular weight is 365 g/mol. The SMILES string of the molecule is CC(C)(C)c1cccc(N2CCCC2CCC(C)(C)c2ccccc2N)c1. The number of rotatable bonds is 5. The molecule has 2 N–H and O–H groups in total. The van der Waals surface area contributed by atoms with Gasteiger partial charge >= 0.3 is 0 Å². The Bertz CT molecular complexity index is 770. The second-order valence-corrected chi connectivity index (χ2v) is 9.80. The van der Waals surface area contributed by atoms with Crippen molar-refractivity contribution in [1.82, 2.24) is 0 Å². The maximum absolute atomic E-state index is 6.26. The van der Waals surface area contributed by atoms with Crippen molar-refractivity contribution in [2.24, 2.45) is 0 Å². The fraction of sp³-hybridized carbons (Fsp3) is 0.520. The predicted octanol–water partition coefficient (Wildman–Crippen LogP) is 6.29. The van der Waals surface area contributed by atoms with Gasteiger partial charge in [-0.05, 0) is 65.8 Å². The van der Waals surface area contributed by atoms with Gasteiger partial charge in [-0.15, -0.1) is 0 Å². The largest absolute Gasteiger partial charge is 0.398 e. The highest BCUT2D eigenvalue weighted by Crippen LogP contribution is 2.37. The Morgan fingerprint density at radius 2 is 1.74 bits per heavy atom. The molecule has 0 aliphatic carbocycles. The summed E-state index contributed by atoms with van der Waals surface area (Å²) in [5.74, 6) is 0. The van der Waals surface area contributed by atoms with Crippen molar-refractivity contribution in [2.75, 3.05) is 17.2 Å². The molecule has 146 valence electrons. The van der Waals surface area contributed by atoms with Gasteiger partial charge < -0.3 is 10.6 Å². The third-order valence-electron chi connectivity index (χ3n) is 6.21. The van der Waals surface area contributed by atoms with Gasteiger partial charge in [0.05, 0.1) is 0 Å². The van der Waals surface area contributed by atoms with Gasteiger partial charge in [0.15, 0.2) is 0 Å². The van der Waals surface area contributed by atoms with Crippen LogP contribution in [0.5, 0.6) is 0 Å². The molecule has 2 aromatic carbocycles. The van der Waals surface area contributed by atoms with E-state index in [1.165, 1.54) is 42.6 Å². The molecule has 2 aromatic rings. The van der Waals surface area contributed by atoms with Gasteiger partial charge in [-0.1, -0.05) is 65.0 Å². The minimum Gasteiger partial charge on any atom is -0.398 e. The number of nitrogens with zero attached hydrogens (tertiary/aromatic N) is 1. The minimum atomic E-state index is 0.104. The summed E-state index contributed by atoms with van der Waals surface area (Å²) >= 11 is 0. The van der Waals surface area contributed by atoms with Crippen molar-refractivity contribution < 1.29 is 0 Å². The van der Waals surface area contributed by atoms with Gasteiger partial charge in [-0.2, -0.15) is 0 Å². The lowest BCUT2D eigenvalue weighted by molar-refractivity contribution is 0.430. The third kappa shape index (κ3) is 4.48. The lowest BCUT2D eigenvalue weighted by Gasteiger charge is -2.32. The number of nitrogen functional groups attached to an aromatic ring is 1. The van der Waals surface area contributed by atoms with Crippen molar-refractivity contribution in [3.63, 3.8) is 0 Å². The fourth-order valence-electron chi connectivity index (χ4n) is 4.40. The summed E-state index contributed by atoms with van der Waals surface area (Å²) in [6.07, 6.45) is 4.95. The normalized spacial score (nSPS) is 18.1. The zero-order valence-electron chi connectivity index (χ0n) is 17.8. The molecule has 1 aliphatic rings. The Hall–Kier alpha value is -1.96. The maximum Gasteiger partial charge on any atom is 0.0371 e. The third-order valence-corrected chi connectivity index (χ3v) is 6.21. The van der Waals surface area contributed by atoms with E-state index in [0.29, 0.717) is 6.04 Å². The topological polar surface area (TPSA) is 29.3 Å². The molecule has 1 atom stereocenters. The summed E-state index contributed by atoms with van der Waals surface area (Å²) in [7, 11) is 0. The van der Waals surface area contributed by atoms with Crippen LogP contribution < -0.4 is 10.6 Å². The first-order valence-electron chi connectivity index (χ1n) is 10.4. The first-order valence-corrected chi connectivity index (χ1v) is 10.4. The van der Waals surface area contributed by atoms with Crippen LogP contribution in [-0.4, -0.2) is 12.6 Å². The molecule has 0 aromatic heterocycles. The van der Waals surface area contributed by atoms with Gasteiger partial charge in [0.25, 0.3) is 0 Å². The highest BCUT2D eigenvalue weighted by Gasteiger charge is 2.29. The van der Waals surface area contributed by atoms with E-state index in [2.05, 4.69) is 75.9 Å². The molecule has 1 unspecified atom stereocenters. The van der Waals surface area contributed by atoms with Crippen molar-refractivity contribution >= 4 is 11.4 Å². The molecule has 1 saturated heterocycles. The Balaban J connectivity index is 1.73. The molecule has 0 bridgehead atoms. The van der Waals surface area contributed by atoms with E-state index in [0.717, 1.165) is 12.1 Å². The van der Waals surface area contributed by atoms with Crippen LogP contribution in [0.4, 0.5) is 11.4 Å². The van der Waals surface area contributed by atoms with Crippen LogP contribution in [0.1, 0.15) is 71.4 Å². The summed E-state index contributed by atoms with van der Waals surface area (Å²) in [5.41, 5.74) is 11.6. The van der Waals surface area contributed by atoms with Gasteiger partial charge in [-0.3, -0.25) is 0 Å². The van der Waals surface area contributed by atoms with E-state index in [1.807, 2.05) is 12.1 Å². The smallest absolute Gasteiger partial charge is 0.0371 e. The van der Waals surface area contributed by atoms with Gasteiger partial charge in [0.2, 0.25) is 0 Å². The Kier molecular flexibility index (Phi) is 5.55. The molecule has 1 heterocycles. The van der Waals surface area contributed by atoms with Gasteiger partial charge in [0, 0.05) is 24.0 Å². The summed E-state index contributed by atoms with van der Waals surface area (Å²) in [6.45, 7) is 12.7. The fourth-order valence-corrected chi connectivity index (χ4v) is 4.40. The van der Waals surface area contributed by atoms with E-state index < -0.39 is 0 Å². The summed E-state index contributed by atoms with van der Waals surface area (Å²) in [4.78, 5) is 2.64. The van der Waals surface area contributed by atoms with Crippen LogP contribution >= 0.6 is 0 Å². The minimum absolute atomic E-state index is 0.104. The lowest BCUT2D eigenvalue weighted by atomic mass is 9.78. The molecule has 27 heavy (non-hydrogen) atoms.